The van der Waals surface area contributed by atoms with Gasteiger partial charge in [0.05, 0.1) is 18.1 Å². The third kappa shape index (κ3) is 2.97. The van der Waals surface area contributed by atoms with Crippen LogP contribution in [0, 0.1) is 16.0 Å². The van der Waals surface area contributed by atoms with Gasteiger partial charge in [-0.15, -0.1) is 0 Å². The second-order valence-electron chi connectivity index (χ2n) is 4.99. The lowest BCUT2D eigenvalue weighted by Crippen LogP contribution is -2.23. The van der Waals surface area contributed by atoms with Gasteiger partial charge in [0.1, 0.15) is 11.4 Å². The summed E-state index contributed by atoms with van der Waals surface area (Å²) in [5.41, 5.74) is 0.678. The molecule has 0 heterocycles. The third-order valence-corrected chi connectivity index (χ3v) is 3.93. The Morgan fingerprint density at radius 1 is 1.47 bits per heavy atom. The molecule has 0 bridgehead atoms. The van der Waals surface area contributed by atoms with E-state index in [2.05, 4.69) is 12.2 Å². The number of ether oxygens (including phenoxy) is 1. The maximum atomic E-state index is 11.1. The molecule has 1 aromatic carbocycles. The molecule has 0 saturated heterocycles. The lowest BCUT2D eigenvalue weighted by molar-refractivity contribution is -0.384. The quantitative estimate of drug-likeness (QED) is 0.652. The molecule has 1 fully saturated rings. The Morgan fingerprint density at radius 3 is 2.89 bits per heavy atom. The lowest BCUT2D eigenvalue weighted by atomic mass is 10.0. The van der Waals surface area contributed by atoms with Gasteiger partial charge >= 0.3 is 0 Å². The Bertz CT molecular complexity index is 462. The fraction of sp³-hybridized carbons (Fsp3) is 0.571. The largest absolute Gasteiger partial charge is 0.496 e. The second kappa shape index (κ2) is 5.91. The van der Waals surface area contributed by atoms with E-state index in [1.807, 2.05) is 0 Å². The minimum absolute atomic E-state index is 0.0844. The summed E-state index contributed by atoms with van der Waals surface area (Å²) in [6.45, 7) is 2.17. The topological polar surface area (TPSA) is 64.4 Å². The van der Waals surface area contributed by atoms with Crippen molar-refractivity contribution in [2.45, 2.75) is 38.6 Å². The van der Waals surface area contributed by atoms with Crippen LogP contribution in [0.3, 0.4) is 0 Å². The van der Waals surface area contributed by atoms with Crippen molar-refractivity contribution in [2.75, 3.05) is 12.4 Å². The van der Waals surface area contributed by atoms with Gasteiger partial charge in [0.15, 0.2) is 0 Å². The fourth-order valence-corrected chi connectivity index (χ4v) is 2.83. The molecule has 2 atom stereocenters. The molecule has 0 radical (unpaired) electrons. The van der Waals surface area contributed by atoms with Crippen molar-refractivity contribution in [1.29, 1.82) is 0 Å². The molecular formula is C14H20N2O3. The van der Waals surface area contributed by atoms with Crippen LogP contribution in [0.1, 0.15) is 32.6 Å². The zero-order chi connectivity index (χ0) is 13.8. The molecule has 2 unspecified atom stereocenters. The van der Waals surface area contributed by atoms with Crippen LogP contribution in [0.5, 0.6) is 5.75 Å². The molecule has 1 aliphatic carbocycles. The molecule has 0 amide bonds. The van der Waals surface area contributed by atoms with E-state index >= 15 is 0 Å². The summed E-state index contributed by atoms with van der Waals surface area (Å²) in [5.74, 6) is 1.12. The maximum absolute atomic E-state index is 11.1. The van der Waals surface area contributed by atoms with Gasteiger partial charge in [-0.3, -0.25) is 10.1 Å². The van der Waals surface area contributed by atoms with Gasteiger partial charge in [-0.25, -0.2) is 0 Å². The summed E-state index contributed by atoms with van der Waals surface area (Å²) in [6.07, 6.45) is 4.60. The summed E-state index contributed by atoms with van der Waals surface area (Å²) < 4.78 is 5.04. The molecule has 0 spiro atoms. The van der Waals surface area contributed by atoms with Crippen molar-refractivity contribution in [1.82, 2.24) is 0 Å². The number of nitrogens with one attached hydrogen (secondary N) is 1. The number of nitro groups is 1. The predicted octanol–water partition coefficient (Wildman–Crippen LogP) is 3.59. The number of rotatable bonds is 5. The summed E-state index contributed by atoms with van der Waals surface area (Å²) in [6, 6.07) is 5.31. The van der Waals surface area contributed by atoms with Crippen LogP contribution < -0.4 is 10.1 Å². The Labute approximate surface area is 113 Å². The molecule has 1 N–H and O–H groups in total. The first-order chi connectivity index (χ1) is 9.15. The molecule has 1 saturated carbocycles. The number of benzene rings is 1. The van der Waals surface area contributed by atoms with Crippen molar-refractivity contribution in [3.8, 4) is 5.75 Å². The maximum Gasteiger partial charge on any atom is 0.296 e. The van der Waals surface area contributed by atoms with E-state index in [1.165, 1.54) is 26.0 Å². The first-order valence-electron chi connectivity index (χ1n) is 6.74. The van der Waals surface area contributed by atoms with E-state index in [4.69, 9.17) is 4.74 Å². The monoisotopic (exact) mass is 264 g/mol. The van der Waals surface area contributed by atoms with Gasteiger partial charge in [-0.2, -0.15) is 0 Å². The van der Waals surface area contributed by atoms with Crippen LogP contribution in [0.4, 0.5) is 11.4 Å². The Hall–Kier alpha value is -1.78. The number of nitrogens with zero attached hydrogens (tertiary/aromatic N) is 1. The van der Waals surface area contributed by atoms with E-state index in [-0.39, 0.29) is 10.6 Å². The van der Waals surface area contributed by atoms with Gasteiger partial charge < -0.3 is 10.1 Å². The number of hydrogen-bond acceptors (Lipinski definition) is 4. The molecule has 1 aliphatic rings. The van der Waals surface area contributed by atoms with Crippen molar-refractivity contribution < 1.29 is 9.66 Å². The molecule has 19 heavy (non-hydrogen) atoms. The van der Waals surface area contributed by atoms with Crippen LogP contribution in [-0.2, 0) is 0 Å². The molecule has 5 nitrogen and oxygen atoms in total. The summed E-state index contributed by atoms with van der Waals surface area (Å²) in [7, 11) is 1.51. The highest BCUT2D eigenvalue weighted by Crippen LogP contribution is 2.35. The van der Waals surface area contributed by atoms with Crippen molar-refractivity contribution in [3.05, 3.63) is 28.3 Å². The highest BCUT2D eigenvalue weighted by Gasteiger charge is 2.27. The predicted molar refractivity (Wildman–Crippen MR) is 74.7 cm³/mol. The standard InChI is InChI=1S/C14H20N2O3/c1-3-10-5-4-6-12(10)15-13-8-7-11(19-2)9-14(13)16(17)18/h7-10,12,15H,3-6H2,1-2H3. The normalized spacial score (nSPS) is 22.2. The number of methoxy groups -OCH3 is 1. The molecule has 0 aliphatic heterocycles. The zero-order valence-corrected chi connectivity index (χ0v) is 11.4. The SMILES string of the molecule is CCC1CCCC1Nc1ccc(OC)cc1[N+](=O)[O-]. The first-order valence-corrected chi connectivity index (χ1v) is 6.74. The Balaban J connectivity index is 2.21. The van der Waals surface area contributed by atoms with Crippen LogP contribution >= 0.6 is 0 Å². The molecule has 0 aromatic heterocycles. The van der Waals surface area contributed by atoms with Crippen molar-refractivity contribution in [2.24, 2.45) is 5.92 Å². The van der Waals surface area contributed by atoms with Gasteiger partial charge in [0.2, 0.25) is 0 Å². The van der Waals surface area contributed by atoms with Crippen molar-refractivity contribution in [3.63, 3.8) is 0 Å². The smallest absolute Gasteiger partial charge is 0.296 e. The summed E-state index contributed by atoms with van der Waals surface area (Å²) in [4.78, 5) is 10.8. The second-order valence-corrected chi connectivity index (χ2v) is 4.99. The summed E-state index contributed by atoms with van der Waals surface area (Å²) in [5, 5.41) is 14.5. The van der Waals surface area contributed by atoms with E-state index in [9.17, 15) is 10.1 Å². The third-order valence-electron chi connectivity index (χ3n) is 3.93. The molecule has 2 rings (SSSR count). The van der Waals surface area contributed by atoms with Gasteiger partial charge in [0.25, 0.3) is 5.69 Å². The van der Waals surface area contributed by atoms with E-state index in [0.29, 0.717) is 23.4 Å². The molecule has 1 aromatic rings. The first kappa shape index (κ1) is 13.6. The minimum Gasteiger partial charge on any atom is -0.496 e. The Kier molecular flexibility index (Phi) is 4.24. The number of anilines is 1. The molecule has 5 heteroatoms. The van der Waals surface area contributed by atoms with Gasteiger partial charge in [-0.1, -0.05) is 19.8 Å². The minimum atomic E-state index is -0.360. The van der Waals surface area contributed by atoms with Crippen LogP contribution in [0.25, 0.3) is 0 Å². The van der Waals surface area contributed by atoms with E-state index in [1.54, 1.807) is 12.1 Å². The van der Waals surface area contributed by atoms with Gasteiger partial charge in [-0.05, 0) is 30.9 Å². The summed E-state index contributed by atoms with van der Waals surface area (Å²) >= 11 is 0. The Morgan fingerprint density at radius 2 is 2.26 bits per heavy atom. The van der Waals surface area contributed by atoms with Crippen molar-refractivity contribution >= 4 is 11.4 Å². The van der Waals surface area contributed by atoms with Crippen LogP contribution in [0.2, 0.25) is 0 Å². The molecule has 104 valence electrons. The van der Waals surface area contributed by atoms with Crippen LogP contribution in [-0.4, -0.2) is 18.1 Å². The van der Waals surface area contributed by atoms with Crippen LogP contribution in [0.15, 0.2) is 18.2 Å². The van der Waals surface area contributed by atoms with E-state index < -0.39 is 0 Å². The zero-order valence-electron chi connectivity index (χ0n) is 11.4. The highest BCUT2D eigenvalue weighted by molar-refractivity contribution is 5.64. The fourth-order valence-electron chi connectivity index (χ4n) is 2.83. The van der Waals surface area contributed by atoms with Gasteiger partial charge in [0, 0.05) is 6.04 Å². The van der Waals surface area contributed by atoms with E-state index in [0.717, 1.165) is 12.8 Å². The average Bonchev–Trinajstić information content (AvgIpc) is 2.86. The molecular weight excluding hydrogens is 244 g/mol. The number of hydrogen-bond donors (Lipinski definition) is 1. The lowest BCUT2D eigenvalue weighted by Gasteiger charge is -2.20. The number of nitro benzene ring substituents is 1. The highest BCUT2D eigenvalue weighted by atomic mass is 16.6. The average molecular weight is 264 g/mol.